The zero-order valence-electron chi connectivity index (χ0n) is 9.87. The van der Waals surface area contributed by atoms with Crippen molar-refractivity contribution >= 4 is 11.8 Å². The molecule has 1 aliphatic heterocycles. The van der Waals surface area contributed by atoms with Gasteiger partial charge in [0, 0.05) is 14.0 Å². The Bertz CT molecular complexity index is 316. The maximum Gasteiger partial charge on any atom is 0.303 e. The van der Waals surface area contributed by atoms with Gasteiger partial charge in [-0.3, -0.25) is 9.59 Å². The van der Waals surface area contributed by atoms with E-state index in [2.05, 4.69) is 0 Å². The molecule has 1 saturated heterocycles. The van der Waals surface area contributed by atoms with Gasteiger partial charge in [-0.1, -0.05) is 0 Å². The molecule has 0 radical (unpaired) electrons. The summed E-state index contributed by atoms with van der Waals surface area (Å²) in [6.07, 6.45) is -3.99. The van der Waals surface area contributed by atoms with Crippen LogP contribution in [0.2, 0.25) is 0 Å². The van der Waals surface area contributed by atoms with Gasteiger partial charge in [0.1, 0.15) is 6.10 Å². The second-order valence-electron chi connectivity index (χ2n) is 3.88. The van der Waals surface area contributed by atoms with Crippen molar-refractivity contribution in [2.75, 3.05) is 13.7 Å². The lowest BCUT2D eigenvalue weighted by molar-refractivity contribution is -0.298. The number of Topliss-reactive ketones (excluding diaryl/α,β-unsaturated/α-hetero) is 1. The number of carbonyl (C=O) groups excluding carboxylic acids is 2. The van der Waals surface area contributed by atoms with Gasteiger partial charge in [-0.2, -0.15) is 0 Å². The predicted octanol–water partition coefficient (Wildman–Crippen LogP) is -1.40. The molecule has 0 bridgehead atoms. The standard InChI is InChI=1S/C10H16O7/c1-5(11)10(14)8(13)7(17-6(2)12)4-16-9(10)15-3/h7-9,13-14H,4H2,1-3H3/t7-,8+,9-,10-/m1/s1. The largest absolute Gasteiger partial charge is 0.457 e. The van der Waals surface area contributed by atoms with Crippen molar-refractivity contribution in [1.29, 1.82) is 0 Å². The molecular formula is C10H16O7. The summed E-state index contributed by atoms with van der Waals surface area (Å²) in [5, 5.41) is 20.0. The third-order valence-electron chi connectivity index (χ3n) is 2.67. The van der Waals surface area contributed by atoms with E-state index in [-0.39, 0.29) is 6.61 Å². The Balaban J connectivity index is 2.95. The number of ketones is 1. The Hall–Kier alpha value is -1.02. The van der Waals surface area contributed by atoms with Gasteiger partial charge in [0.05, 0.1) is 6.61 Å². The van der Waals surface area contributed by atoms with Crippen molar-refractivity contribution in [3.63, 3.8) is 0 Å². The second-order valence-corrected chi connectivity index (χ2v) is 3.88. The highest BCUT2D eigenvalue weighted by atomic mass is 16.7. The highest BCUT2D eigenvalue weighted by Gasteiger charge is 2.56. The Morgan fingerprint density at radius 2 is 2.00 bits per heavy atom. The molecule has 0 aromatic heterocycles. The van der Waals surface area contributed by atoms with E-state index in [1.165, 1.54) is 7.11 Å². The fourth-order valence-electron chi connectivity index (χ4n) is 1.76. The number of ether oxygens (including phenoxy) is 3. The third-order valence-corrected chi connectivity index (χ3v) is 2.67. The molecule has 1 aliphatic rings. The first-order valence-corrected chi connectivity index (χ1v) is 5.07. The van der Waals surface area contributed by atoms with Crippen LogP contribution in [-0.2, 0) is 23.8 Å². The van der Waals surface area contributed by atoms with Crippen LogP contribution < -0.4 is 0 Å². The molecule has 7 heteroatoms. The molecule has 2 N–H and O–H groups in total. The molecule has 4 atom stereocenters. The van der Waals surface area contributed by atoms with Crippen molar-refractivity contribution in [3.05, 3.63) is 0 Å². The molecule has 98 valence electrons. The molecule has 7 nitrogen and oxygen atoms in total. The third kappa shape index (κ3) is 2.47. The zero-order valence-corrected chi connectivity index (χ0v) is 9.87. The fourth-order valence-corrected chi connectivity index (χ4v) is 1.76. The lowest BCUT2D eigenvalue weighted by atomic mass is 9.86. The van der Waals surface area contributed by atoms with Gasteiger partial charge in [0.15, 0.2) is 18.2 Å². The molecule has 0 aromatic carbocycles. The van der Waals surface area contributed by atoms with Gasteiger partial charge in [-0.15, -0.1) is 0 Å². The van der Waals surface area contributed by atoms with E-state index in [9.17, 15) is 19.8 Å². The number of hydrogen-bond donors (Lipinski definition) is 2. The number of aliphatic hydroxyl groups is 2. The smallest absolute Gasteiger partial charge is 0.303 e. The SMILES string of the molecule is CO[C@@H]1OC[C@@H](OC(C)=O)[C@H](O)[C@]1(O)C(C)=O. The van der Waals surface area contributed by atoms with Gasteiger partial charge in [-0.25, -0.2) is 0 Å². The average Bonchev–Trinajstić information content (AvgIpc) is 2.24. The molecule has 1 heterocycles. The first-order valence-electron chi connectivity index (χ1n) is 5.07. The van der Waals surface area contributed by atoms with Crippen LogP contribution >= 0.6 is 0 Å². The number of carbonyl (C=O) groups is 2. The van der Waals surface area contributed by atoms with E-state index >= 15 is 0 Å². The molecule has 0 unspecified atom stereocenters. The van der Waals surface area contributed by atoms with Crippen molar-refractivity contribution < 1.29 is 34.0 Å². The van der Waals surface area contributed by atoms with Crippen molar-refractivity contribution in [3.8, 4) is 0 Å². The quantitative estimate of drug-likeness (QED) is 0.592. The Kier molecular flexibility index (Phi) is 4.21. The van der Waals surface area contributed by atoms with Crippen LogP contribution in [0.5, 0.6) is 0 Å². The Morgan fingerprint density at radius 1 is 1.41 bits per heavy atom. The monoisotopic (exact) mass is 248 g/mol. The second kappa shape index (κ2) is 5.09. The number of hydrogen-bond acceptors (Lipinski definition) is 7. The van der Waals surface area contributed by atoms with E-state index in [1.54, 1.807) is 0 Å². The van der Waals surface area contributed by atoms with Crippen LogP contribution in [-0.4, -0.2) is 59.8 Å². The Morgan fingerprint density at radius 3 is 2.41 bits per heavy atom. The van der Waals surface area contributed by atoms with Gasteiger partial charge in [0.25, 0.3) is 0 Å². The molecular weight excluding hydrogens is 232 g/mol. The number of methoxy groups -OCH3 is 1. The highest BCUT2D eigenvalue weighted by Crippen LogP contribution is 2.29. The lowest BCUT2D eigenvalue weighted by Gasteiger charge is -2.43. The topological polar surface area (TPSA) is 102 Å². The number of aliphatic hydroxyl groups excluding tert-OH is 1. The highest BCUT2D eigenvalue weighted by molar-refractivity contribution is 5.86. The van der Waals surface area contributed by atoms with Crippen LogP contribution in [0.3, 0.4) is 0 Å². The van der Waals surface area contributed by atoms with Crippen LogP contribution in [0.25, 0.3) is 0 Å². The summed E-state index contributed by atoms with van der Waals surface area (Å²) < 4.78 is 14.6. The summed E-state index contributed by atoms with van der Waals surface area (Å²) in [7, 11) is 1.23. The van der Waals surface area contributed by atoms with Crippen LogP contribution in [0.1, 0.15) is 13.8 Å². The molecule has 0 spiro atoms. The zero-order chi connectivity index (χ0) is 13.2. The first kappa shape index (κ1) is 14.0. The molecule has 0 saturated carbocycles. The van der Waals surface area contributed by atoms with E-state index in [0.29, 0.717) is 0 Å². The molecule has 0 aliphatic carbocycles. The molecule has 17 heavy (non-hydrogen) atoms. The van der Waals surface area contributed by atoms with Crippen molar-refractivity contribution in [1.82, 2.24) is 0 Å². The maximum absolute atomic E-state index is 11.4. The fraction of sp³-hybridized carbons (Fsp3) is 0.800. The van der Waals surface area contributed by atoms with Crippen molar-refractivity contribution in [2.24, 2.45) is 0 Å². The van der Waals surface area contributed by atoms with Crippen LogP contribution in [0.4, 0.5) is 0 Å². The van der Waals surface area contributed by atoms with Crippen molar-refractivity contribution in [2.45, 2.75) is 37.9 Å². The van der Waals surface area contributed by atoms with Crippen LogP contribution in [0, 0.1) is 0 Å². The van der Waals surface area contributed by atoms with E-state index < -0.39 is 35.9 Å². The normalized spacial score (nSPS) is 37.6. The Labute approximate surface area is 98.3 Å². The van der Waals surface area contributed by atoms with Gasteiger partial charge in [-0.05, 0) is 6.92 Å². The molecule has 0 aromatic rings. The number of rotatable bonds is 3. The first-order chi connectivity index (χ1) is 7.83. The molecule has 1 rings (SSSR count). The summed E-state index contributed by atoms with van der Waals surface area (Å²) in [5.74, 6) is -1.37. The molecule has 0 amide bonds. The summed E-state index contributed by atoms with van der Waals surface area (Å²) in [5.41, 5.74) is -2.24. The predicted molar refractivity (Wildman–Crippen MR) is 53.9 cm³/mol. The van der Waals surface area contributed by atoms with Gasteiger partial charge in [0.2, 0.25) is 5.60 Å². The lowest BCUT2D eigenvalue weighted by Crippen LogP contribution is -2.67. The minimum absolute atomic E-state index is 0.158. The number of esters is 1. The minimum Gasteiger partial charge on any atom is -0.457 e. The minimum atomic E-state index is -2.24. The summed E-state index contributed by atoms with van der Waals surface area (Å²) in [6, 6.07) is 0. The van der Waals surface area contributed by atoms with E-state index in [0.717, 1.165) is 13.8 Å². The van der Waals surface area contributed by atoms with Crippen LogP contribution in [0.15, 0.2) is 0 Å². The summed E-state index contributed by atoms with van der Waals surface area (Å²) in [6.45, 7) is 2.09. The van der Waals surface area contributed by atoms with E-state index in [1.807, 2.05) is 0 Å². The summed E-state index contributed by atoms with van der Waals surface area (Å²) in [4.78, 5) is 22.2. The van der Waals surface area contributed by atoms with E-state index in [4.69, 9.17) is 14.2 Å². The molecule has 1 fully saturated rings. The maximum atomic E-state index is 11.4. The van der Waals surface area contributed by atoms with Gasteiger partial charge < -0.3 is 24.4 Å². The average molecular weight is 248 g/mol. The van der Waals surface area contributed by atoms with Gasteiger partial charge >= 0.3 is 5.97 Å². The summed E-state index contributed by atoms with van der Waals surface area (Å²) >= 11 is 0.